The number of carbonyl (C=O) groups is 2. The number of furan rings is 1. The van der Waals surface area contributed by atoms with Crippen molar-refractivity contribution in [3.63, 3.8) is 0 Å². The number of likely N-dealkylation sites (tertiary alicyclic amines) is 1. The monoisotopic (exact) mass is 481 g/mol. The molecule has 4 rings (SSSR count). The average molecular weight is 482 g/mol. The molecule has 2 amide bonds. The van der Waals surface area contributed by atoms with Gasteiger partial charge in [-0.3, -0.25) is 14.5 Å². The number of fused-ring (bicyclic) bond motifs is 1. The normalized spacial score (nSPS) is 23.7. The highest BCUT2D eigenvalue weighted by Crippen LogP contribution is 2.45. The predicted octanol–water partition coefficient (Wildman–Crippen LogP) is 1.99. The van der Waals surface area contributed by atoms with Crippen LogP contribution < -0.4 is 0 Å². The second kappa shape index (κ2) is 10.7. The first-order valence-corrected chi connectivity index (χ1v) is 11.8. The molecular weight excluding hydrogens is 450 g/mol. The highest BCUT2D eigenvalue weighted by atomic mass is 16.4. The number of benzene rings is 1. The molecule has 2 heterocycles. The fourth-order valence-corrected chi connectivity index (χ4v) is 5.39. The Morgan fingerprint density at radius 2 is 1.83 bits per heavy atom. The van der Waals surface area contributed by atoms with Crippen molar-refractivity contribution in [2.24, 2.45) is 17.8 Å². The third-order valence-electron chi connectivity index (χ3n) is 7.14. The molecule has 1 aliphatic heterocycles. The van der Waals surface area contributed by atoms with E-state index in [1.807, 2.05) is 36.4 Å². The van der Waals surface area contributed by atoms with E-state index in [2.05, 4.69) is 0 Å². The molecule has 0 spiro atoms. The highest BCUT2D eigenvalue weighted by molar-refractivity contribution is 6.05. The van der Waals surface area contributed by atoms with Crippen molar-refractivity contribution in [2.45, 2.75) is 32.0 Å². The van der Waals surface area contributed by atoms with Gasteiger partial charge in [0.25, 0.3) is 0 Å². The smallest absolute Gasteiger partial charge is 0.233 e. The largest absolute Gasteiger partial charge is 0.459 e. The summed E-state index contributed by atoms with van der Waals surface area (Å²) in [6, 6.07) is 13.1. The molecule has 2 aromatic rings. The summed E-state index contributed by atoms with van der Waals surface area (Å²) in [6.07, 6.45) is 1.76. The molecule has 1 aromatic carbocycles. The van der Waals surface area contributed by atoms with Gasteiger partial charge in [-0.15, -0.1) is 0 Å². The molecule has 1 fully saturated rings. The zero-order valence-corrected chi connectivity index (χ0v) is 19.6. The van der Waals surface area contributed by atoms with E-state index in [0.717, 1.165) is 16.0 Å². The fourth-order valence-electron chi connectivity index (χ4n) is 5.39. The summed E-state index contributed by atoms with van der Waals surface area (Å²) < 4.78 is 5.62. The number of carbonyl (C=O) groups excluding carboxylic acids is 2. The topological polar surface area (TPSA) is 131 Å². The first-order chi connectivity index (χ1) is 16.9. The Kier molecular flexibility index (Phi) is 7.66. The maximum atomic E-state index is 12.8. The number of hydrogen-bond acceptors (Lipinski definition) is 7. The molecule has 1 aromatic heterocycles. The number of aliphatic hydroxyl groups is 4. The quantitative estimate of drug-likeness (QED) is 0.318. The van der Waals surface area contributed by atoms with Crippen molar-refractivity contribution >= 4 is 23.5 Å². The minimum Gasteiger partial charge on any atom is -0.459 e. The number of nitrogens with zero attached hydrogens (tertiary/aromatic N) is 1. The third-order valence-corrected chi connectivity index (χ3v) is 7.14. The van der Waals surface area contributed by atoms with Crippen molar-refractivity contribution < 1.29 is 34.4 Å². The van der Waals surface area contributed by atoms with Gasteiger partial charge in [0.15, 0.2) is 0 Å². The Hall–Kier alpha value is -3.04. The summed E-state index contributed by atoms with van der Waals surface area (Å²) in [5, 5.41) is 40.8. The van der Waals surface area contributed by atoms with Gasteiger partial charge >= 0.3 is 0 Å². The molecule has 186 valence electrons. The van der Waals surface area contributed by atoms with Crippen LogP contribution in [0.2, 0.25) is 0 Å². The minimum absolute atomic E-state index is 0.191. The summed E-state index contributed by atoms with van der Waals surface area (Å²) in [6.45, 7) is -0.955. The zero-order chi connectivity index (χ0) is 25.1. The van der Waals surface area contributed by atoms with E-state index in [4.69, 9.17) is 4.42 Å². The van der Waals surface area contributed by atoms with Crippen LogP contribution in [0.25, 0.3) is 11.6 Å². The molecule has 0 saturated carbocycles. The lowest BCUT2D eigenvalue weighted by atomic mass is 9.68. The molecule has 0 unspecified atom stereocenters. The van der Waals surface area contributed by atoms with Crippen LogP contribution in [0.5, 0.6) is 0 Å². The Labute approximate surface area is 203 Å². The fraction of sp³-hybridized carbons (Fsp3) is 0.407. The zero-order valence-electron chi connectivity index (χ0n) is 19.6. The Morgan fingerprint density at radius 1 is 1.09 bits per heavy atom. The molecule has 1 saturated heterocycles. The van der Waals surface area contributed by atoms with Crippen LogP contribution in [0.15, 0.2) is 58.0 Å². The van der Waals surface area contributed by atoms with Crippen LogP contribution in [0.1, 0.15) is 36.3 Å². The average Bonchev–Trinajstić information content (AvgIpc) is 3.43. The van der Waals surface area contributed by atoms with E-state index < -0.39 is 30.5 Å². The van der Waals surface area contributed by atoms with Gasteiger partial charge in [0.05, 0.1) is 31.2 Å². The van der Waals surface area contributed by atoms with Crippen molar-refractivity contribution in [1.29, 1.82) is 0 Å². The molecule has 4 atom stereocenters. The molecule has 8 nitrogen and oxygen atoms in total. The lowest BCUT2D eigenvalue weighted by Gasteiger charge is -2.36. The van der Waals surface area contributed by atoms with E-state index in [1.165, 1.54) is 7.05 Å². The Bertz CT molecular complexity index is 1130. The highest BCUT2D eigenvalue weighted by Gasteiger charge is 2.53. The van der Waals surface area contributed by atoms with Crippen LogP contribution in [0, 0.1) is 17.8 Å². The number of amides is 2. The molecule has 35 heavy (non-hydrogen) atoms. The van der Waals surface area contributed by atoms with Gasteiger partial charge in [0.1, 0.15) is 18.1 Å². The molecule has 0 radical (unpaired) electrons. The lowest BCUT2D eigenvalue weighted by molar-refractivity contribution is -0.138. The summed E-state index contributed by atoms with van der Waals surface area (Å²) in [4.78, 5) is 26.4. The van der Waals surface area contributed by atoms with Crippen molar-refractivity contribution in [3.8, 4) is 0 Å². The number of aliphatic hydroxyl groups excluding tert-OH is 4. The van der Waals surface area contributed by atoms with Gasteiger partial charge < -0.3 is 24.8 Å². The first-order valence-electron chi connectivity index (χ1n) is 11.8. The van der Waals surface area contributed by atoms with Gasteiger partial charge in [-0.05, 0) is 59.8 Å². The van der Waals surface area contributed by atoms with E-state index in [9.17, 15) is 30.0 Å². The van der Waals surface area contributed by atoms with Gasteiger partial charge in [0, 0.05) is 13.0 Å². The van der Waals surface area contributed by atoms with Crippen molar-refractivity contribution in [3.05, 3.63) is 70.7 Å². The second-order valence-electron chi connectivity index (χ2n) is 9.13. The van der Waals surface area contributed by atoms with Gasteiger partial charge in [-0.25, -0.2) is 0 Å². The van der Waals surface area contributed by atoms with Crippen molar-refractivity contribution in [2.75, 3.05) is 20.3 Å². The van der Waals surface area contributed by atoms with Crippen LogP contribution in [0.4, 0.5) is 0 Å². The van der Waals surface area contributed by atoms with E-state index in [1.54, 1.807) is 12.1 Å². The van der Waals surface area contributed by atoms with E-state index >= 15 is 0 Å². The standard InChI is InChI=1S/C27H31NO7/c1-28-26(33)21-12-18(13-29)24(22(15-31)25(21)27(28)34)23(32)10-7-17(16-5-3-2-4-6-16)11-19-8-9-20(14-30)35-19/h2-6,8-9,11,21-23,25,29-32H,7,10,12-15H2,1H3/b17-11-/t21-,22+,23-,25-/m1/s1. The van der Waals surface area contributed by atoms with E-state index in [0.29, 0.717) is 29.1 Å². The number of imide groups is 1. The molecule has 2 aliphatic rings. The van der Waals surface area contributed by atoms with Gasteiger partial charge in [0.2, 0.25) is 11.8 Å². The van der Waals surface area contributed by atoms with Gasteiger partial charge in [-0.2, -0.15) is 0 Å². The summed E-state index contributed by atoms with van der Waals surface area (Å²) in [5.74, 6) is -1.73. The maximum absolute atomic E-state index is 12.8. The molecule has 1 aliphatic carbocycles. The maximum Gasteiger partial charge on any atom is 0.233 e. The number of hydrogen-bond donors (Lipinski definition) is 4. The van der Waals surface area contributed by atoms with Crippen LogP contribution in [-0.4, -0.2) is 63.5 Å². The summed E-state index contributed by atoms with van der Waals surface area (Å²) in [7, 11) is 1.43. The third kappa shape index (κ3) is 4.88. The molecule has 0 bridgehead atoms. The SMILES string of the molecule is CN1C(=O)[C@@H]2[C@@H](CC(CO)=C([C@H](O)CC/C(=C/c3ccc(CO)o3)c3ccccc3)[C@@H]2CO)C1=O. The molecule has 4 N–H and O–H groups in total. The van der Waals surface area contributed by atoms with E-state index in [-0.39, 0.29) is 37.9 Å². The van der Waals surface area contributed by atoms with Crippen LogP contribution >= 0.6 is 0 Å². The number of rotatable bonds is 9. The van der Waals surface area contributed by atoms with Gasteiger partial charge in [-0.1, -0.05) is 30.3 Å². The summed E-state index contributed by atoms with van der Waals surface area (Å²) in [5.41, 5.74) is 2.81. The summed E-state index contributed by atoms with van der Waals surface area (Å²) >= 11 is 0. The molecule has 8 heteroatoms. The lowest BCUT2D eigenvalue weighted by Crippen LogP contribution is -2.39. The number of allylic oxidation sites excluding steroid dienone is 1. The Morgan fingerprint density at radius 3 is 2.46 bits per heavy atom. The second-order valence-corrected chi connectivity index (χ2v) is 9.13. The first kappa shape index (κ1) is 25.1. The predicted molar refractivity (Wildman–Crippen MR) is 128 cm³/mol. The van der Waals surface area contributed by atoms with Crippen LogP contribution in [0.3, 0.4) is 0 Å². The minimum atomic E-state index is -1.01. The Balaban J connectivity index is 1.61. The molecular formula is C27H31NO7. The van der Waals surface area contributed by atoms with Crippen molar-refractivity contribution in [1.82, 2.24) is 4.90 Å². The van der Waals surface area contributed by atoms with Crippen LogP contribution in [-0.2, 0) is 16.2 Å².